The van der Waals surface area contributed by atoms with Gasteiger partial charge >= 0.3 is 6.36 Å². The molecule has 3 aromatic rings. The van der Waals surface area contributed by atoms with Gasteiger partial charge in [-0.25, -0.2) is 4.98 Å². The Labute approximate surface area is 225 Å². The van der Waals surface area contributed by atoms with Crippen LogP contribution in [0, 0.1) is 11.3 Å². The summed E-state index contributed by atoms with van der Waals surface area (Å²) in [6.07, 6.45) is -1.11. The number of anilines is 2. The highest BCUT2D eigenvalue weighted by Gasteiger charge is 2.35. The van der Waals surface area contributed by atoms with E-state index in [-0.39, 0.29) is 36.3 Å². The first-order valence-corrected chi connectivity index (χ1v) is 12.8. The predicted molar refractivity (Wildman–Crippen MR) is 141 cm³/mol. The number of amides is 1. The molecule has 4 rings (SSSR count). The third-order valence-corrected chi connectivity index (χ3v) is 6.87. The number of nitrogens with one attached hydrogen (secondary N) is 1. The van der Waals surface area contributed by atoms with Gasteiger partial charge in [0.1, 0.15) is 17.8 Å². The van der Waals surface area contributed by atoms with Crippen LogP contribution in [0.25, 0.3) is 11.0 Å². The number of benzene rings is 2. The van der Waals surface area contributed by atoms with Gasteiger partial charge < -0.3 is 29.1 Å². The number of ether oxygens (including phenoxy) is 2. The molecule has 0 aliphatic heterocycles. The molecule has 8 nitrogen and oxygen atoms in total. The zero-order chi connectivity index (χ0) is 28.4. The number of likely N-dealkylation sites (N-methyl/N-ethyl adjacent to an activating group) is 1. The van der Waals surface area contributed by atoms with Crippen molar-refractivity contribution in [2.75, 3.05) is 25.5 Å². The lowest BCUT2D eigenvalue weighted by Gasteiger charge is -2.40. The van der Waals surface area contributed by atoms with Gasteiger partial charge in [0.25, 0.3) is 5.91 Å². The third-order valence-electron chi connectivity index (χ3n) is 6.87. The SMILES string of the molecule is C[C@H]1C[C@@H](n2c(Nc3ccc(OC(F)(F)F)cc3)nc3cc(OCC(=O)N(C)CC=O)ccc32)CC(C)(C)C1. The molecule has 0 unspecified atom stereocenters. The summed E-state index contributed by atoms with van der Waals surface area (Å²) < 4.78 is 49.5. The maximum absolute atomic E-state index is 12.6. The molecule has 39 heavy (non-hydrogen) atoms. The number of rotatable bonds is 9. The standard InChI is InChI=1S/C28H33F3N4O4/c1-18-13-20(16-27(2,3)15-18)35-24-10-9-22(38-17-25(37)34(4)11-12-36)14-23(24)33-26(35)32-19-5-7-21(8-6-19)39-28(29,30)31/h5-10,12,14,18,20H,11,13,15-17H2,1-4H3,(H,32,33)/t18-,20+/m0/s1. The summed E-state index contributed by atoms with van der Waals surface area (Å²) in [5.41, 5.74) is 2.21. The van der Waals surface area contributed by atoms with Gasteiger partial charge in [0, 0.05) is 24.8 Å². The summed E-state index contributed by atoms with van der Waals surface area (Å²) in [7, 11) is 1.53. The zero-order valence-electron chi connectivity index (χ0n) is 22.4. The first-order valence-electron chi connectivity index (χ1n) is 12.8. The number of hydrogen-bond acceptors (Lipinski definition) is 6. The minimum Gasteiger partial charge on any atom is -0.484 e. The van der Waals surface area contributed by atoms with E-state index in [4.69, 9.17) is 9.72 Å². The monoisotopic (exact) mass is 546 g/mol. The Morgan fingerprint density at radius 3 is 2.51 bits per heavy atom. The molecule has 1 aliphatic rings. The molecule has 0 bridgehead atoms. The Hall–Kier alpha value is -3.76. The summed E-state index contributed by atoms with van der Waals surface area (Å²) in [6.45, 7) is 6.52. The second kappa shape index (κ2) is 11.2. The molecule has 0 radical (unpaired) electrons. The molecule has 1 amide bonds. The van der Waals surface area contributed by atoms with Crippen molar-refractivity contribution in [1.82, 2.24) is 14.5 Å². The van der Waals surface area contributed by atoms with Gasteiger partial charge in [0.15, 0.2) is 6.61 Å². The molecular weight excluding hydrogens is 513 g/mol. The van der Waals surface area contributed by atoms with Gasteiger partial charge in [0.05, 0.1) is 17.6 Å². The quantitative estimate of drug-likeness (QED) is 0.327. The Bertz CT molecular complexity index is 1320. The van der Waals surface area contributed by atoms with Crippen molar-refractivity contribution < 1.29 is 32.2 Å². The summed E-state index contributed by atoms with van der Waals surface area (Å²) in [5, 5.41) is 3.27. The maximum Gasteiger partial charge on any atom is 0.573 e. The Morgan fingerprint density at radius 2 is 1.87 bits per heavy atom. The molecule has 11 heteroatoms. The number of alkyl halides is 3. The van der Waals surface area contributed by atoms with Crippen LogP contribution in [0.1, 0.15) is 46.1 Å². The minimum absolute atomic E-state index is 0.0138. The van der Waals surface area contributed by atoms with Crippen LogP contribution >= 0.6 is 0 Å². The average molecular weight is 547 g/mol. The van der Waals surface area contributed by atoms with E-state index < -0.39 is 6.36 Å². The van der Waals surface area contributed by atoms with Crippen molar-refractivity contribution >= 4 is 34.9 Å². The highest BCUT2D eigenvalue weighted by molar-refractivity contribution is 5.82. The lowest BCUT2D eigenvalue weighted by Crippen LogP contribution is -2.32. The summed E-state index contributed by atoms with van der Waals surface area (Å²) in [5.74, 6) is 0.881. The highest BCUT2D eigenvalue weighted by atomic mass is 19.4. The van der Waals surface area contributed by atoms with Gasteiger partial charge in [-0.2, -0.15) is 0 Å². The van der Waals surface area contributed by atoms with E-state index >= 15 is 0 Å². The van der Waals surface area contributed by atoms with E-state index in [0.717, 1.165) is 24.8 Å². The average Bonchev–Trinajstić information content (AvgIpc) is 3.18. The number of imidazole rings is 1. The van der Waals surface area contributed by atoms with Gasteiger partial charge in [-0.15, -0.1) is 13.2 Å². The van der Waals surface area contributed by atoms with Crippen LogP contribution in [0.15, 0.2) is 42.5 Å². The summed E-state index contributed by atoms with van der Waals surface area (Å²) in [4.78, 5) is 28.9. The minimum atomic E-state index is -4.76. The van der Waals surface area contributed by atoms with Crippen LogP contribution in [0.2, 0.25) is 0 Å². The first-order chi connectivity index (χ1) is 18.3. The smallest absolute Gasteiger partial charge is 0.484 e. The van der Waals surface area contributed by atoms with Crippen LogP contribution in [-0.4, -0.2) is 53.2 Å². The normalized spacial score (nSPS) is 18.9. The topological polar surface area (TPSA) is 85.7 Å². The molecule has 1 fully saturated rings. The van der Waals surface area contributed by atoms with Gasteiger partial charge in [0.2, 0.25) is 5.95 Å². The summed E-state index contributed by atoms with van der Waals surface area (Å²) >= 11 is 0. The van der Waals surface area contributed by atoms with E-state index in [2.05, 4.69) is 35.4 Å². The second-order valence-electron chi connectivity index (χ2n) is 10.9. The highest BCUT2D eigenvalue weighted by Crippen LogP contribution is 2.46. The van der Waals surface area contributed by atoms with E-state index in [1.165, 1.54) is 36.2 Å². The zero-order valence-corrected chi connectivity index (χ0v) is 22.4. The predicted octanol–water partition coefficient (Wildman–Crippen LogP) is 6.10. The molecule has 210 valence electrons. The van der Waals surface area contributed by atoms with Crippen LogP contribution in [-0.2, 0) is 9.59 Å². The van der Waals surface area contributed by atoms with E-state index in [1.807, 2.05) is 6.07 Å². The Morgan fingerprint density at radius 1 is 1.18 bits per heavy atom. The van der Waals surface area contributed by atoms with Crippen molar-refractivity contribution in [2.24, 2.45) is 11.3 Å². The van der Waals surface area contributed by atoms with Gasteiger partial charge in [-0.05, 0) is 67.0 Å². The second-order valence-corrected chi connectivity index (χ2v) is 10.9. The molecule has 0 spiro atoms. The number of carbonyl (C=O) groups excluding carboxylic acids is 2. The first kappa shape index (κ1) is 28.3. The number of aromatic nitrogens is 2. The lowest BCUT2D eigenvalue weighted by atomic mass is 9.70. The van der Waals surface area contributed by atoms with Crippen molar-refractivity contribution in [3.05, 3.63) is 42.5 Å². The fourth-order valence-electron chi connectivity index (χ4n) is 5.46. The van der Waals surface area contributed by atoms with Crippen molar-refractivity contribution in [3.63, 3.8) is 0 Å². The number of hydrogen-bond donors (Lipinski definition) is 1. The van der Waals surface area contributed by atoms with Crippen LogP contribution in [0.5, 0.6) is 11.5 Å². The fourth-order valence-corrected chi connectivity index (χ4v) is 5.46. The van der Waals surface area contributed by atoms with Gasteiger partial charge in [-0.1, -0.05) is 20.8 Å². The number of nitrogens with zero attached hydrogens (tertiary/aromatic N) is 3. The third kappa shape index (κ3) is 7.21. The molecule has 1 heterocycles. The molecule has 0 saturated heterocycles. The van der Waals surface area contributed by atoms with Crippen molar-refractivity contribution in [1.29, 1.82) is 0 Å². The largest absolute Gasteiger partial charge is 0.573 e. The molecule has 2 aromatic carbocycles. The van der Waals surface area contributed by atoms with E-state index in [0.29, 0.717) is 35.1 Å². The fraction of sp³-hybridized carbons (Fsp3) is 0.464. The number of halogens is 3. The van der Waals surface area contributed by atoms with Crippen LogP contribution in [0.3, 0.4) is 0 Å². The van der Waals surface area contributed by atoms with E-state index in [1.54, 1.807) is 12.1 Å². The molecular formula is C28H33F3N4O4. The number of carbonyl (C=O) groups is 2. The molecule has 1 aromatic heterocycles. The number of fused-ring (bicyclic) bond motifs is 1. The van der Waals surface area contributed by atoms with Crippen LogP contribution < -0.4 is 14.8 Å². The van der Waals surface area contributed by atoms with E-state index in [9.17, 15) is 22.8 Å². The summed E-state index contributed by atoms with van der Waals surface area (Å²) in [6, 6.07) is 11.1. The molecule has 1 aliphatic carbocycles. The molecule has 1 saturated carbocycles. The molecule has 2 atom stereocenters. The van der Waals surface area contributed by atoms with Crippen molar-refractivity contribution in [2.45, 2.75) is 52.4 Å². The maximum atomic E-state index is 12.6. The van der Waals surface area contributed by atoms with Crippen LogP contribution in [0.4, 0.5) is 24.8 Å². The van der Waals surface area contributed by atoms with Gasteiger partial charge in [-0.3, -0.25) is 4.79 Å². The lowest BCUT2D eigenvalue weighted by molar-refractivity contribution is -0.274. The Balaban J connectivity index is 1.65. The number of aldehydes is 1. The Kier molecular flexibility index (Phi) is 8.08. The molecule has 1 N–H and O–H groups in total. The van der Waals surface area contributed by atoms with Crippen molar-refractivity contribution in [3.8, 4) is 11.5 Å².